The zero-order chi connectivity index (χ0) is 11.4. The average Bonchev–Trinajstić information content (AvgIpc) is 3.09. The van der Waals surface area contributed by atoms with Gasteiger partial charge in [-0.3, -0.25) is 4.79 Å². The Labute approximate surface area is 94.9 Å². The van der Waals surface area contributed by atoms with Crippen LogP contribution in [-0.2, 0) is 11.2 Å². The van der Waals surface area contributed by atoms with Crippen molar-refractivity contribution in [2.75, 3.05) is 6.54 Å². The quantitative estimate of drug-likeness (QED) is 0.796. The number of carbonyl (C=O) groups is 1. The number of Topliss-reactive ketones (excluding diaryl/α,β-unsaturated/α-hetero) is 1. The average molecular weight is 221 g/mol. The Bertz CT molecular complexity index is 357. The van der Waals surface area contributed by atoms with Gasteiger partial charge in [-0.05, 0) is 37.0 Å². The van der Waals surface area contributed by atoms with Gasteiger partial charge in [0.25, 0.3) is 0 Å². The number of halogens is 1. The van der Waals surface area contributed by atoms with E-state index in [1.54, 1.807) is 12.1 Å². The summed E-state index contributed by atoms with van der Waals surface area (Å²) < 4.78 is 12.6. The molecule has 0 bridgehead atoms. The fourth-order valence-electron chi connectivity index (χ4n) is 1.57. The first-order chi connectivity index (χ1) is 7.74. The molecule has 0 heterocycles. The Kier molecular flexibility index (Phi) is 3.67. The summed E-state index contributed by atoms with van der Waals surface area (Å²) in [6.45, 7) is 0.478. The molecule has 0 amide bonds. The highest BCUT2D eigenvalue weighted by Crippen LogP contribution is 2.18. The van der Waals surface area contributed by atoms with Crippen LogP contribution in [0.3, 0.4) is 0 Å². The Morgan fingerprint density at radius 3 is 2.62 bits per heavy atom. The molecule has 0 spiro atoms. The van der Waals surface area contributed by atoms with Gasteiger partial charge in [0.05, 0.1) is 6.54 Å². The second-order valence-corrected chi connectivity index (χ2v) is 4.32. The van der Waals surface area contributed by atoms with E-state index in [1.165, 1.54) is 25.0 Å². The minimum atomic E-state index is -0.231. The van der Waals surface area contributed by atoms with E-state index in [4.69, 9.17) is 0 Å². The van der Waals surface area contributed by atoms with Crippen molar-refractivity contribution in [3.05, 3.63) is 35.6 Å². The second kappa shape index (κ2) is 5.21. The van der Waals surface area contributed by atoms with E-state index in [0.29, 0.717) is 25.4 Å². The molecule has 1 aliphatic rings. The third-order valence-corrected chi connectivity index (χ3v) is 2.77. The van der Waals surface area contributed by atoms with Gasteiger partial charge in [-0.25, -0.2) is 4.39 Å². The molecule has 3 heteroatoms. The summed E-state index contributed by atoms with van der Waals surface area (Å²) in [4.78, 5) is 11.5. The van der Waals surface area contributed by atoms with E-state index < -0.39 is 0 Å². The lowest BCUT2D eigenvalue weighted by atomic mass is 10.1. The van der Waals surface area contributed by atoms with E-state index in [-0.39, 0.29) is 11.6 Å². The molecule has 0 aliphatic heterocycles. The minimum absolute atomic E-state index is 0.231. The van der Waals surface area contributed by atoms with Crippen LogP contribution in [0.15, 0.2) is 24.3 Å². The summed E-state index contributed by atoms with van der Waals surface area (Å²) in [5.41, 5.74) is 1.01. The number of benzene rings is 1. The number of rotatable bonds is 6. The topological polar surface area (TPSA) is 29.1 Å². The third kappa shape index (κ3) is 3.74. The van der Waals surface area contributed by atoms with Crippen molar-refractivity contribution >= 4 is 5.78 Å². The maximum absolute atomic E-state index is 12.6. The maximum atomic E-state index is 12.6. The molecular formula is C13H16FNO. The van der Waals surface area contributed by atoms with Gasteiger partial charge in [0.2, 0.25) is 0 Å². The highest BCUT2D eigenvalue weighted by atomic mass is 19.1. The lowest BCUT2D eigenvalue weighted by molar-refractivity contribution is -0.118. The van der Waals surface area contributed by atoms with Gasteiger partial charge in [-0.2, -0.15) is 0 Å². The molecule has 0 unspecified atom stereocenters. The molecule has 0 radical (unpaired) electrons. The van der Waals surface area contributed by atoms with E-state index in [1.807, 2.05) is 0 Å². The third-order valence-electron chi connectivity index (χ3n) is 2.77. The van der Waals surface area contributed by atoms with Crippen LogP contribution in [0.5, 0.6) is 0 Å². The van der Waals surface area contributed by atoms with Crippen LogP contribution in [0.1, 0.15) is 24.8 Å². The van der Waals surface area contributed by atoms with Gasteiger partial charge in [-0.1, -0.05) is 12.1 Å². The van der Waals surface area contributed by atoms with Crippen molar-refractivity contribution in [3.8, 4) is 0 Å². The summed E-state index contributed by atoms with van der Waals surface area (Å²) in [5.74, 6) is 0.00158. The predicted molar refractivity (Wildman–Crippen MR) is 60.8 cm³/mol. The zero-order valence-electron chi connectivity index (χ0n) is 9.21. The van der Waals surface area contributed by atoms with Gasteiger partial charge in [0.15, 0.2) is 0 Å². The van der Waals surface area contributed by atoms with Crippen molar-refractivity contribution < 1.29 is 9.18 Å². The molecule has 1 fully saturated rings. The van der Waals surface area contributed by atoms with Crippen LogP contribution in [-0.4, -0.2) is 18.4 Å². The van der Waals surface area contributed by atoms with Gasteiger partial charge in [0.1, 0.15) is 11.6 Å². The Morgan fingerprint density at radius 2 is 2.00 bits per heavy atom. The first kappa shape index (κ1) is 11.3. The Morgan fingerprint density at radius 1 is 1.31 bits per heavy atom. The zero-order valence-corrected chi connectivity index (χ0v) is 9.21. The summed E-state index contributed by atoms with van der Waals surface area (Å²) >= 11 is 0. The van der Waals surface area contributed by atoms with Crippen LogP contribution in [0.25, 0.3) is 0 Å². The smallest absolute Gasteiger partial charge is 0.146 e. The van der Waals surface area contributed by atoms with Gasteiger partial charge in [0, 0.05) is 12.5 Å². The van der Waals surface area contributed by atoms with Gasteiger partial charge in [-0.15, -0.1) is 0 Å². The minimum Gasteiger partial charge on any atom is -0.307 e. The van der Waals surface area contributed by atoms with Crippen molar-refractivity contribution in [3.63, 3.8) is 0 Å². The van der Waals surface area contributed by atoms with Crippen molar-refractivity contribution in [2.24, 2.45) is 0 Å². The largest absolute Gasteiger partial charge is 0.307 e. The monoisotopic (exact) mass is 221 g/mol. The summed E-state index contributed by atoms with van der Waals surface area (Å²) in [6.07, 6.45) is 3.63. The second-order valence-electron chi connectivity index (χ2n) is 4.32. The normalized spacial score (nSPS) is 15.1. The predicted octanol–water partition coefficient (Wildman–Crippen LogP) is 2.08. The van der Waals surface area contributed by atoms with Crippen molar-refractivity contribution in [1.29, 1.82) is 0 Å². The fraction of sp³-hybridized carbons (Fsp3) is 0.462. The molecular weight excluding hydrogens is 205 g/mol. The van der Waals surface area contributed by atoms with Crippen LogP contribution in [0, 0.1) is 5.82 Å². The van der Waals surface area contributed by atoms with Gasteiger partial charge >= 0.3 is 0 Å². The van der Waals surface area contributed by atoms with Crippen molar-refractivity contribution in [1.82, 2.24) is 5.32 Å². The highest BCUT2D eigenvalue weighted by molar-refractivity contribution is 5.80. The summed E-state index contributed by atoms with van der Waals surface area (Å²) in [6, 6.07) is 6.91. The molecule has 16 heavy (non-hydrogen) atoms. The lowest BCUT2D eigenvalue weighted by Crippen LogP contribution is -2.24. The number of nitrogens with one attached hydrogen (secondary N) is 1. The fourth-order valence-corrected chi connectivity index (χ4v) is 1.57. The van der Waals surface area contributed by atoms with E-state index in [2.05, 4.69) is 5.32 Å². The van der Waals surface area contributed by atoms with E-state index in [0.717, 1.165) is 5.56 Å². The standard InChI is InChI=1S/C13H16FNO/c14-11-4-1-10(2-5-11)3-8-13(16)9-15-12-6-7-12/h1-2,4-5,12,15H,3,6-9H2. The molecule has 1 N–H and O–H groups in total. The molecule has 86 valence electrons. The summed E-state index contributed by atoms with van der Waals surface area (Å²) in [5, 5.41) is 3.19. The lowest BCUT2D eigenvalue weighted by Gasteiger charge is -2.02. The van der Waals surface area contributed by atoms with Crippen LogP contribution >= 0.6 is 0 Å². The molecule has 1 aliphatic carbocycles. The van der Waals surface area contributed by atoms with E-state index in [9.17, 15) is 9.18 Å². The van der Waals surface area contributed by atoms with Gasteiger partial charge < -0.3 is 5.32 Å². The number of hydrogen-bond donors (Lipinski definition) is 1. The molecule has 0 atom stereocenters. The maximum Gasteiger partial charge on any atom is 0.146 e. The Hall–Kier alpha value is -1.22. The van der Waals surface area contributed by atoms with Crippen LogP contribution < -0.4 is 5.32 Å². The van der Waals surface area contributed by atoms with Crippen LogP contribution in [0.4, 0.5) is 4.39 Å². The summed E-state index contributed by atoms with van der Waals surface area (Å²) in [7, 11) is 0. The molecule has 1 aromatic carbocycles. The molecule has 2 rings (SSSR count). The Balaban J connectivity index is 1.69. The molecule has 1 saturated carbocycles. The molecule has 2 nitrogen and oxygen atoms in total. The molecule has 0 saturated heterocycles. The number of hydrogen-bond acceptors (Lipinski definition) is 2. The SMILES string of the molecule is O=C(CCc1ccc(F)cc1)CNC1CC1. The molecule has 1 aromatic rings. The first-order valence-electron chi connectivity index (χ1n) is 5.73. The number of aryl methyl sites for hydroxylation is 1. The highest BCUT2D eigenvalue weighted by Gasteiger charge is 2.20. The number of ketones is 1. The van der Waals surface area contributed by atoms with Crippen molar-refractivity contribution in [2.45, 2.75) is 31.7 Å². The van der Waals surface area contributed by atoms with Crippen LogP contribution in [0.2, 0.25) is 0 Å². The number of carbonyl (C=O) groups excluding carboxylic acids is 1. The van der Waals surface area contributed by atoms with E-state index >= 15 is 0 Å². The molecule has 0 aromatic heterocycles. The first-order valence-corrected chi connectivity index (χ1v) is 5.73.